The minimum Gasteiger partial charge on any atom is -0.455 e. The Balaban J connectivity index is 1.20. The summed E-state index contributed by atoms with van der Waals surface area (Å²) in [6, 6.07) is 65.7. The number of benzene rings is 8. The molecule has 2 aromatic heterocycles. The summed E-state index contributed by atoms with van der Waals surface area (Å²) in [5.74, 6) is 0. The molecular formula is C51H36N2O. The van der Waals surface area contributed by atoms with Crippen molar-refractivity contribution in [2.75, 3.05) is 4.90 Å². The van der Waals surface area contributed by atoms with Gasteiger partial charge in [-0.05, 0) is 94.0 Å². The lowest BCUT2D eigenvalue weighted by molar-refractivity contribution is 0.661. The molecule has 256 valence electrons. The summed E-state index contributed by atoms with van der Waals surface area (Å²) in [7, 11) is 0. The predicted molar refractivity (Wildman–Crippen MR) is 226 cm³/mol. The molecule has 0 aliphatic heterocycles. The van der Waals surface area contributed by atoms with Crippen molar-refractivity contribution in [2.24, 2.45) is 0 Å². The van der Waals surface area contributed by atoms with Crippen molar-refractivity contribution in [1.82, 2.24) is 4.57 Å². The van der Waals surface area contributed by atoms with Crippen LogP contribution in [0.4, 0.5) is 17.1 Å². The lowest BCUT2D eigenvalue weighted by Crippen LogP contribution is -2.20. The van der Waals surface area contributed by atoms with Gasteiger partial charge < -0.3 is 13.9 Å². The Morgan fingerprint density at radius 1 is 0.481 bits per heavy atom. The highest BCUT2D eigenvalue weighted by Crippen LogP contribution is 2.55. The number of anilines is 3. The zero-order valence-corrected chi connectivity index (χ0v) is 30.1. The predicted octanol–water partition coefficient (Wildman–Crippen LogP) is 14.1. The Kier molecular flexibility index (Phi) is 6.60. The van der Waals surface area contributed by atoms with Crippen molar-refractivity contribution in [2.45, 2.75) is 19.3 Å². The Morgan fingerprint density at radius 3 is 1.98 bits per heavy atom. The number of hydrogen-bond donors (Lipinski definition) is 0. The second-order valence-corrected chi connectivity index (χ2v) is 14.9. The van der Waals surface area contributed by atoms with Crippen LogP contribution in [0.15, 0.2) is 186 Å². The average molecular weight is 693 g/mol. The van der Waals surface area contributed by atoms with Crippen LogP contribution < -0.4 is 4.90 Å². The molecule has 3 nitrogen and oxygen atoms in total. The summed E-state index contributed by atoms with van der Waals surface area (Å²) in [6.45, 7) is 4.73. The van der Waals surface area contributed by atoms with Crippen molar-refractivity contribution >= 4 is 60.8 Å². The third-order valence-corrected chi connectivity index (χ3v) is 11.6. The monoisotopic (exact) mass is 692 g/mol. The summed E-state index contributed by atoms with van der Waals surface area (Å²) in [5.41, 5.74) is 16.0. The molecule has 8 aromatic carbocycles. The van der Waals surface area contributed by atoms with Crippen LogP contribution in [0.5, 0.6) is 0 Å². The molecule has 0 saturated carbocycles. The lowest BCUT2D eigenvalue weighted by atomic mass is 9.81. The summed E-state index contributed by atoms with van der Waals surface area (Å²) in [5, 5.41) is 4.51. The number of rotatable bonds is 5. The van der Waals surface area contributed by atoms with Crippen LogP contribution in [-0.4, -0.2) is 4.57 Å². The standard InChI is InChI=1S/C51H36N2O/c1-51(2)41-22-11-9-19-37(41)38-21-13-25-45(49(38)51)53(36-29-27-34(28-30-36)33-15-5-3-6-16-33)43-24-14-26-46-47(43)40-31-32-44-48(50(40)54-46)39-20-10-12-23-42(39)52(44)35-17-7-4-8-18-35/h3-32H,1-2H3. The second-order valence-electron chi connectivity index (χ2n) is 14.9. The van der Waals surface area contributed by atoms with E-state index >= 15 is 0 Å². The van der Waals surface area contributed by atoms with Crippen LogP contribution in [0.3, 0.4) is 0 Å². The van der Waals surface area contributed by atoms with E-state index in [1.807, 2.05) is 0 Å². The van der Waals surface area contributed by atoms with E-state index in [1.54, 1.807) is 0 Å². The Bertz CT molecular complexity index is 3060. The zero-order valence-electron chi connectivity index (χ0n) is 30.1. The highest BCUT2D eigenvalue weighted by Gasteiger charge is 2.39. The van der Waals surface area contributed by atoms with Gasteiger partial charge in [-0.1, -0.05) is 135 Å². The normalized spacial score (nSPS) is 13.1. The highest BCUT2D eigenvalue weighted by molar-refractivity contribution is 6.26. The Morgan fingerprint density at radius 2 is 1.15 bits per heavy atom. The molecule has 11 rings (SSSR count). The molecule has 0 N–H and O–H groups in total. The maximum Gasteiger partial charge on any atom is 0.145 e. The van der Waals surface area contributed by atoms with Crippen LogP contribution in [0.2, 0.25) is 0 Å². The molecule has 1 aliphatic rings. The van der Waals surface area contributed by atoms with Gasteiger partial charge in [-0.25, -0.2) is 0 Å². The molecule has 3 heteroatoms. The molecule has 0 radical (unpaired) electrons. The van der Waals surface area contributed by atoms with Crippen LogP contribution in [0.1, 0.15) is 25.0 Å². The number of para-hydroxylation sites is 2. The first-order valence-electron chi connectivity index (χ1n) is 18.7. The lowest BCUT2D eigenvalue weighted by Gasteiger charge is -2.32. The molecule has 0 fully saturated rings. The van der Waals surface area contributed by atoms with Gasteiger partial charge in [-0.2, -0.15) is 0 Å². The van der Waals surface area contributed by atoms with Gasteiger partial charge in [0, 0.05) is 27.6 Å². The Hall–Kier alpha value is -6.84. The van der Waals surface area contributed by atoms with E-state index in [4.69, 9.17) is 4.42 Å². The van der Waals surface area contributed by atoms with Gasteiger partial charge in [-0.3, -0.25) is 0 Å². The molecule has 0 amide bonds. The first-order valence-corrected chi connectivity index (χ1v) is 18.7. The van der Waals surface area contributed by atoms with Gasteiger partial charge in [0.25, 0.3) is 0 Å². The first kappa shape index (κ1) is 30.8. The molecule has 0 bridgehead atoms. The highest BCUT2D eigenvalue weighted by atomic mass is 16.3. The van der Waals surface area contributed by atoms with Gasteiger partial charge in [0.15, 0.2) is 0 Å². The third kappa shape index (κ3) is 4.36. The van der Waals surface area contributed by atoms with E-state index in [9.17, 15) is 0 Å². The van der Waals surface area contributed by atoms with E-state index in [0.29, 0.717) is 0 Å². The Labute approximate surface area is 314 Å². The second kappa shape index (κ2) is 11.6. The van der Waals surface area contributed by atoms with E-state index in [2.05, 4.69) is 205 Å². The fourth-order valence-electron chi connectivity index (χ4n) is 9.21. The number of aromatic nitrogens is 1. The number of nitrogens with zero attached hydrogens (tertiary/aromatic N) is 2. The molecule has 54 heavy (non-hydrogen) atoms. The topological polar surface area (TPSA) is 21.3 Å². The van der Waals surface area contributed by atoms with Crippen LogP contribution in [0, 0.1) is 0 Å². The largest absolute Gasteiger partial charge is 0.455 e. The minimum absolute atomic E-state index is 0.206. The maximum atomic E-state index is 7.01. The van der Waals surface area contributed by atoms with Gasteiger partial charge in [-0.15, -0.1) is 0 Å². The first-order chi connectivity index (χ1) is 26.6. The summed E-state index contributed by atoms with van der Waals surface area (Å²) in [4.78, 5) is 2.47. The minimum atomic E-state index is -0.206. The van der Waals surface area contributed by atoms with Crippen LogP contribution in [-0.2, 0) is 5.41 Å². The molecule has 1 aliphatic carbocycles. The van der Waals surface area contributed by atoms with Crippen molar-refractivity contribution in [3.8, 4) is 27.9 Å². The molecule has 0 atom stereocenters. The van der Waals surface area contributed by atoms with Crippen molar-refractivity contribution < 1.29 is 4.42 Å². The molecular weight excluding hydrogens is 657 g/mol. The summed E-state index contributed by atoms with van der Waals surface area (Å²) >= 11 is 0. The van der Waals surface area contributed by atoms with E-state index < -0.39 is 0 Å². The SMILES string of the molecule is CC1(C)c2ccccc2-c2cccc(N(c3ccc(-c4ccccc4)cc3)c3cccc4oc5c(ccc6c5c5ccccc5n6-c5ccccc5)c34)c21. The van der Waals surface area contributed by atoms with Crippen molar-refractivity contribution in [3.63, 3.8) is 0 Å². The van der Waals surface area contributed by atoms with E-state index in [1.165, 1.54) is 44.5 Å². The number of hydrogen-bond acceptors (Lipinski definition) is 2. The molecule has 0 unspecified atom stereocenters. The van der Waals surface area contributed by atoms with Crippen molar-refractivity contribution in [1.29, 1.82) is 0 Å². The zero-order chi connectivity index (χ0) is 36.0. The molecule has 0 spiro atoms. The fourth-order valence-corrected chi connectivity index (χ4v) is 9.21. The molecule has 10 aromatic rings. The van der Waals surface area contributed by atoms with E-state index in [0.717, 1.165) is 55.4 Å². The van der Waals surface area contributed by atoms with Gasteiger partial charge >= 0.3 is 0 Å². The maximum absolute atomic E-state index is 7.01. The molecule has 0 saturated heterocycles. The molecule has 2 heterocycles. The quantitative estimate of drug-likeness (QED) is 0.179. The van der Waals surface area contributed by atoms with Gasteiger partial charge in [0.2, 0.25) is 0 Å². The van der Waals surface area contributed by atoms with Crippen LogP contribution >= 0.6 is 0 Å². The fraction of sp³-hybridized carbons (Fsp3) is 0.0588. The number of furan rings is 1. The third-order valence-electron chi connectivity index (χ3n) is 11.6. The summed E-state index contributed by atoms with van der Waals surface area (Å²) < 4.78 is 9.36. The number of fused-ring (bicyclic) bond motifs is 10. The van der Waals surface area contributed by atoms with Gasteiger partial charge in [0.05, 0.1) is 33.2 Å². The smallest absolute Gasteiger partial charge is 0.145 e. The average Bonchev–Trinajstić information content (AvgIpc) is 3.85. The van der Waals surface area contributed by atoms with Crippen molar-refractivity contribution in [3.05, 3.63) is 193 Å². The summed E-state index contributed by atoms with van der Waals surface area (Å²) in [6.07, 6.45) is 0. The van der Waals surface area contributed by atoms with Gasteiger partial charge in [0.1, 0.15) is 11.2 Å². The van der Waals surface area contributed by atoms with E-state index in [-0.39, 0.29) is 5.41 Å². The van der Waals surface area contributed by atoms with Crippen LogP contribution in [0.25, 0.3) is 71.7 Å².